The SMILES string of the molecule is O=S(O)CCc1nccc(-c2ccccc2)n1. The van der Waals surface area contributed by atoms with E-state index in [1.807, 2.05) is 36.4 Å². The molecule has 0 aliphatic carbocycles. The molecule has 0 bridgehead atoms. The fraction of sp³-hybridized carbons (Fsp3) is 0.167. The van der Waals surface area contributed by atoms with Crippen LogP contribution in [0.5, 0.6) is 0 Å². The third-order valence-corrected chi connectivity index (χ3v) is 2.83. The van der Waals surface area contributed by atoms with Gasteiger partial charge in [0, 0.05) is 18.2 Å². The van der Waals surface area contributed by atoms with Gasteiger partial charge in [-0.3, -0.25) is 0 Å². The van der Waals surface area contributed by atoms with Crippen LogP contribution in [0.15, 0.2) is 42.6 Å². The lowest BCUT2D eigenvalue weighted by atomic mass is 10.1. The monoisotopic (exact) mass is 248 g/mol. The van der Waals surface area contributed by atoms with Crippen molar-refractivity contribution in [3.8, 4) is 11.3 Å². The van der Waals surface area contributed by atoms with Gasteiger partial charge in [0.2, 0.25) is 0 Å². The third kappa shape index (κ3) is 3.44. The van der Waals surface area contributed by atoms with E-state index in [0.717, 1.165) is 11.3 Å². The Balaban J connectivity index is 2.20. The molecule has 88 valence electrons. The smallest absolute Gasteiger partial charge is 0.153 e. The molecule has 17 heavy (non-hydrogen) atoms. The van der Waals surface area contributed by atoms with Crippen LogP contribution in [0.2, 0.25) is 0 Å². The molecule has 5 heteroatoms. The van der Waals surface area contributed by atoms with Gasteiger partial charge in [-0.2, -0.15) is 0 Å². The van der Waals surface area contributed by atoms with Crippen LogP contribution in [-0.4, -0.2) is 24.5 Å². The molecule has 0 amide bonds. The van der Waals surface area contributed by atoms with Crippen LogP contribution in [0.4, 0.5) is 0 Å². The van der Waals surface area contributed by atoms with E-state index in [1.54, 1.807) is 6.20 Å². The Labute approximate surface area is 102 Å². The van der Waals surface area contributed by atoms with Crippen LogP contribution >= 0.6 is 0 Å². The topological polar surface area (TPSA) is 63.1 Å². The molecule has 0 spiro atoms. The van der Waals surface area contributed by atoms with Crippen molar-refractivity contribution in [2.45, 2.75) is 6.42 Å². The van der Waals surface area contributed by atoms with Gasteiger partial charge in [0.25, 0.3) is 0 Å². The highest BCUT2D eigenvalue weighted by atomic mass is 32.2. The average molecular weight is 248 g/mol. The van der Waals surface area contributed by atoms with Crippen molar-refractivity contribution in [1.82, 2.24) is 9.97 Å². The Morgan fingerprint density at radius 1 is 1.18 bits per heavy atom. The van der Waals surface area contributed by atoms with Crippen LogP contribution in [0.3, 0.4) is 0 Å². The van der Waals surface area contributed by atoms with Crippen LogP contribution in [0.25, 0.3) is 11.3 Å². The van der Waals surface area contributed by atoms with Crippen molar-refractivity contribution in [1.29, 1.82) is 0 Å². The normalized spacial score (nSPS) is 12.3. The summed E-state index contributed by atoms with van der Waals surface area (Å²) in [6.45, 7) is 0. The fourth-order valence-electron chi connectivity index (χ4n) is 1.47. The molecule has 1 heterocycles. The Morgan fingerprint density at radius 3 is 2.65 bits per heavy atom. The van der Waals surface area contributed by atoms with Crippen LogP contribution in [-0.2, 0) is 17.5 Å². The summed E-state index contributed by atoms with van der Waals surface area (Å²) in [7, 11) is 0. The van der Waals surface area contributed by atoms with Crippen molar-refractivity contribution in [3.63, 3.8) is 0 Å². The van der Waals surface area contributed by atoms with Gasteiger partial charge in [-0.1, -0.05) is 30.3 Å². The Hall–Kier alpha value is -1.59. The lowest BCUT2D eigenvalue weighted by Gasteiger charge is -2.02. The lowest BCUT2D eigenvalue weighted by Crippen LogP contribution is -2.03. The second kappa shape index (κ2) is 5.65. The molecule has 0 saturated heterocycles. The first-order chi connectivity index (χ1) is 8.25. The highest BCUT2D eigenvalue weighted by Gasteiger charge is 2.03. The summed E-state index contributed by atoms with van der Waals surface area (Å²) >= 11 is -1.80. The summed E-state index contributed by atoms with van der Waals surface area (Å²) in [5.74, 6) is 0.756. The maximum absolute atomic E-state index is 10.6. The summed E-state index contributed by atoms with van der Waals surface area (Å²) < 4.78 is 19.3. The van der Waals surface area contributed by atoms with Gasteiger partial charge in [0.15, 0.2) is 11.1 Å². The zero-order valence-corrected chi connectivity index (χ0v) is 9.93. The Bertz CT molecular complexity index is 517. The highest BCUT2D eigenvalue weighted by Crippen LogP contribution is 2.15. The third-order valence-electron chi connectivity index (χ3n) is 2.28. The molecule has 0 fully saturated rings. The molecule has 0 saturated carbocycles. The van der Waals surface area contributed by atoms with E-state index in [9.17, 15) is 4.21 Å². The minimum Gasteiger partial charge on any atom is -0.306 e. The minimum atomic E-state index is -1.80. The zero-order chi connectivity index (χ0) is 12.1. The molecule has 1 N–H and O–H groups in total. The van der Waals surface area contributed by atoms with Crippen molar-refractivity contribution < 1.29 is 8.76 Å². The first-order valence-electron chi connectivity index (χ1n) is 5.20. The van der Waals surface area contributed by atoms with E-state index in [-0.39, 0.29) is 5.75 Å². The first-order valence-corrected chi connectivity index (χ1v) is 6.48. The van der Waals surface area contributed by atoms with Gasteiger partial charge >= 0.3 is 0 Å². The van der Waals surface area contributed by atoms with Crippen molar-refractivity contribution >= 4 is 11.1 Å². The van der Waals surface area contributed by atoms with Gasteiger partial charge in [-0.05, 0) is 6.07 Å². The van der Waals surface area contributed by atoms with E-state index in [1.165, 1.54) is 0 Å². The number of aromatic nitrogens is 2. The van der Waals surface area contributed by atoms with Crippen LogP contribution in [0, 0.1) is 0 Å². The van der Waals surface area contributed by atoms with Crippen LogP contribution in [0.1, 0.15) is 5.82 Å². The predicted octanol–water partition coefficient (Wildman–Crippen LogP) is 1.91. The summed E-state index contributed by atoms with van der Waals surface area (Å²) in [5, 5.41) is 0. The van der Waals surface area contributed by atoms with Gasteiger partial charge in [-0.15, -0.1) is 0 Å². The maximum atomic E-state index is 10.6. The highest BCUT2D eigenvalue weighted by molar-refractivity contribution is 7.79. The molecule has 0 radical (unpaired) electrons. The van der Waals surface area contributed by atoms with Gasteiger partial charge in [-0.25, -0.2) is 14.2 Å². The molecule has 2 rings (SSSR count). The largest absolute Gasteiger partial charge is 0.306 e. The molecule has 1 unspecified atom stereocenters. The number of rotatable bonds is 4. The number of hydrogen-bond acceptors (Lipinski definition) is 3. The van der Waals surface area contributed by atoms with E-state index >= 15 is 0 Å². The standard InChI is InChI=1S/C12H12N2O2S/c15-17(16)9-7-12-13-8-6-11(14-12)10-4-2-1-3-5-10/h1-6,8H,7,9H2,(H,15,16). The summed E-state index contributed by atoms with van der Waals surface area (Å²) in [4.78, 5) is 8.44. The molecule has 0 aliphatic heterocycles. The average Bonchev–Trinajstić information content (AvgIpc) is 2.38. The van der Waals surface area contributed by atoms with Gasteiger partial charge in [0.05, 0.1) is 11.4 Å². The summed E-state index contributed by atoms with van der Waals surface area (Å²) in [6.07, 6.45) is 2.08. The fourth-order valence-corrected chi connectivity index (χ4v) is 1.83. The molecular formula is C12H12N2O2S. The van der Waals surface area contributed by atoms with E-state index in [4.69, 9.17) is 4.55 Å². The van der Waals surface area contributed by atoms with Gasteiger partial charge in [0.1, 0.15) is 5.82 Å². The first kappa shape index (κ1) is 11.9. The maximum Gasteiger partial charge on any atom is 0.153 e. The summed E-state index contributed by atoms with van der Waals surface area (Å²) in [5.41, 5.74) is 1.85. The number of nitrogens with zero attached hydrogens (tertiary/aromatic N) is 2. The lowest BCUT2D eigenvalue weighted by molar-refractivity contribution is 0.563. The molecule has 2 aromatic rings. The van der Waals surface area contributed by atoms with Crippen LogP contribution < -0.4 is 0 Å². The van der Waals surface area contributed by atoms with E-state index in [0.29, 0.717) is 12.2 Å². The Kier molecular flexibility index (Phi) is 3.95. The molecule has 1 aromatic heterocycles. The molecular weight excluding hydrogens is 236 g/mol. The molecule has 1 atom stereocenters. The van der Waals surface area contributed by atoms with E-state index in [2.05, 4.69) is 9.97 Å². The Morgan fingerprint density at radius 2 is 1.94 bits per heavy atom. The predicted molar refractivity (Wildman–Crippen MR) is 66.8 cm³/mol. The quantitative estimate of drug-likeness (QED) is 0.839. The second-order valence-electron chi connectivity index (χ2n) is 3.50. The number of hydrogen-bond donors (Lipinski definition) is 1. The molecule has 1 aromatic carbocycles. The molecule has 0 aliphatic rings. The number of benzene rings is 1. The van der Waals surface area contributed by atoms with Gasteiger partial charge < -0.3 is 4.55 Å². The second-order valence-corrected chi connectivity index (χ2v) is 4.55. The zero-order valence-electron chi connectivity index (χ0n) is 9.11. The number of aryl methyl sites for hydroxylation is 1. The molecule has 4 nitrogen and oxygen atoms in total. The van der Waals surface area contributed by atoms with Crippen molar-refractivity contribution in [2.75, 3.05) is 5.75 Å². The van der Waals surface area contributed by atoms with E-state index < -0.39 is 11.1 Å². The minimum absolute atomic E-state index is 0.165. The summed E-state index contributed by atoms with van der Waals surface area (Å²) in [6, 6.07) is 11.6. The van der Waals surface area contributed by atoms with Crippen molar-refractivity contribution in [3.05, 3.63) is 48.4 Å². The van der Waals surface area contributed by atoms with Crippen molar-refractivity contribution in [2.24, 2.45) is 0 Å².